The molecule has 0 atom stereocenters. The number of alkyl halides is 3. The highest BCUT2D eigenvalue weighted by molar-refractivity contribution is 5.44. The molecule has 0 saturated carbocycles. The molecule has 1 rings (SSSR count). The van der Waals surface area contributed by atoms with Gasteiger partial charge in [0.15, 0.2) is 0 Å². The van der Waals surface area contributed by atoms with Gasteiger partial charge in [0.1, 0.15) is 17.1 Å². The van der Waals surface area contributed by atoms with Crippen molar-refractivity contribution in [2.45, 2.75) is 6.18 Å². The molecule has 0 aliphatic carbocycles. The summed E-state index contributed by atoms with van der Waals surface area (Å²) in [5.74, 6) is -1.20. The zero-order valence-corrected chi connectivity index (χ0v) is 5.76. The molecule has 0 radical (unpaired) electrons. The number of halogens is 3. The van der Waals surface area contributed by atoms with Gasteiger partial charge >= 0.3 is 6.18 Å². The fourth-order valence-corrected chi connectivity index (χ4v) is 0.691. The molecule has 0 amide bonds. The van der Waals surface area contributed by atoms with Crippen molar-refractivity contribution in [3.8, 4) is 5.75 Å². The first kappa shape index (κ1) is 8.63. The average Bonchev–Trinajstić information content (AvgIpc) is 1.92. The zero-order valence-electron chi connectivity index (χ0n) is 5.76. The highest BCUT2D eigenvalue weighted by Crippen LogP contribution is 2.33. The fourth-order valence-electron chi connectivity index (χ4n) is 0.691. The smallest absolute Gasteiger partial charge is 0.420 e. The van der Waals surface area contributed by atoms with Crippen molar-refractivity contribution in [1.82, 2.24) is 4.98 Å². The molecule has 12 heavy (non-hydrogen) atoms. The predicted octanol–water partition coefficient (Wildman–Crippen LogP) is 1.39. The molecule has 1 heterocycles. The molecular formula is C6H5F3N2O. The van der Waals surface area contributed by atoms with E-state index in [1.165, 1.54) is 0 Å². The normalized spacial score (nSPS) is 11.6. The minimum atomic E-state index is -4.57. The quantitative estimate of drug-likeness (QED) is 0.631. The third kappa shape index (κ3) is 1.58. The summed E-state index contributed by atoms with van der Waals surface area (Å²) in [5, 5.41) is 8.68. The SMILES string of the molecule is Nc1ncc(O)cc1C(F)(F)F. The van der Waals surface area contributed by atoms with Gasteiger partial charge in [-0.3, -0.25) is 0 Å². The average molecular weight is 178 g/mol. The van der Waals surface area contributed by atoms with E-state index in [9.17, 15) is 13.2 Å². The molecule has 0 bridgehead atoms. The number of nitrogens with zero attached hydrogens (tertiary/aromatic N) is 1. The lowest BCUT2D eigenvalue weighted by Crippen LogP contribution is -2.09. The highest BCUT2D eigenvalue weighted by Gasteiger charge is 2.33. The number of rotatable bonds is 0. The molecule has 3 N–H and O–H groups in total. The molecule has 0 fully saturated rings. The monoisotopic (exact) mass is 178 g/mol. The summed E-state index contributed by atoms with van der Waals surface area (Å²) in [6, 6.07) is 0.530. The number of nitrogen functional groups attached to an aromatic ring is 1. The first-order chi connectivity index (χ1) is 5.41. The van der Waals surface area contributed by atoms with Crippen LogP contribution in [0.4, 0.5) is 19.0 Å². The molecule has 0 unspecified atom stereocenters. The van der Waals surface area contributed by atoms with Crippen LogP contribution in [-0.2, 0) is 6.18 Å². The van der Waals surface area contributed by atoms with Crippen LogP contribution in [0.5, 0.6) is 5.75 Å². The number of aromatic nitrogens is 1. The minimum absolute atomic E-state index is 0.530. The Kier molecular flexibility index (Phi) is 1.83. The molecule has 6 heteroatoms. The van der Waals surface area contributed by atoms with E-state index in [0.717, 1.165) is 6.20 Å². The zero-order chi connectivity index (χ0) is 9.35. The Labute approximate surface area is 65.6 Å². The maximum atomic E-state index is 12.0. The van der Waals surface area contributed by atoms with Crippen molar-refractivity contribution >= 4 is 5.82 Å². The molecule has 0 aliphatic rings. The lowest BCUT2D eigenvalue weighted by molar-refractivity contribution is -0.137. The van der Waals surface area contributed by atoms with Crippen LogP contribution in [0.1, 0.15) is 5.56 Å². The first-order valence-corrected chi connectivity index (χ1v) is 2.93. The summed E-state index contributed by atoms with van der Waals surface area (Å²) in [5.41, 5.74) is 3.81. The van der Waals surface area contributed by atoms with Crippen LogP contribution in [0, 0.1) is 0 Å². The maximum absolute atomic E-state index is 12.0. The van der Waals surface area contributed by atoms with E-state index >= 15 is 0 Å². The molecule has 1 aromatic heterocycles. The van der Waals surface area contributed by atoms with Crippen LogP contribution in [0.15, 0.2) is 12.3 Å². The summed E-state index contributed by atoms with van der Waals surface area (Å²) >= 11 is 0. The summed E-state index contributed by atoms with van der Waals surface area (Å²) in [4.78, 5) is 3.15. The molecule has 0 spiro atoms. The first-order valence-electron chi connectivity index (χ1n) is 2.93. The number of hydrogen-bond donors (Lipinski definition) is 2. The molecule has 0 saturated heterocycles. The van der Waals surface area contributed by atoms with Crippen molar-refractivity contribution in [2.24, 2.45) is 0 Å². The maximum Gasteiger partial charge on any atom is 0.420 e. The second-order valence-corrected chi connectivity index (χ2v) is 2.12. The van der Waals surface area contributed by atoms with Gasteiger partial charge in [-0.1, -0.05) is 0 Å². The van der Waals surface area contributed by atoms with Gasteiger partial charge in [-0.25, -0.2) is 4.98 Å². The van der Waals surface area contributed by atoms with Crippen LogP contribution < -0.4 is 5.73 Å². The number of pyridine rings is 1. The Bertz CT molecular complexity index is 297. The van der Waals surface area contributed by atoms with E-state index in [2.05, 4.69) is 4.98 Å². The summed E-state index contributed by atoms with van der Waals surface area (Å²) in [6.45, 7) is 0. The lowest BCUT2D eigenvalue weighted by atomic mass is 10.2. The van der Waals surface area contributed by atoms with Crippen LogP contribution in [-0.4, -0.2) is 10.1 Å². The van der Waals surface area contributed by atoms with E-state index in [1.54, 1.807) is 0 Å². The molecule has 1 aromatic rings. The summed E-state index contributed by atoms with van der Waals surface area (Å²) < 4.78 is 36.0. The molecule has 0 aromatic carbocycles. The third-order valence-corrected chi connectivity index (χ3v) is 1.21. The van der Waals surface area contributed by atoms with Gasteiger partial charge in [0.05, 0.1) is 6.20 Å². The molecule has 0 aliphatic heterocycles. The number of anilines is 1. The second kappa shape index (κ2) is 2.54. The number of aromatic hydroxyl groups is 1. The fraction of sp³-hybridized carbons (Fsp3) is 0.167. The highest BCUT2D eigenvalue weighted by atomic mass is 19.4. The van der Waals surface area contributed by atoms with Gasteiger partial charge in [-0.15, -0.1) is 0 Å². The lowest BCUT2D eigenvalue weighted by Gasteiger charge is -2.08. The number of nitrogens with two attached hydrogens (primary N) is 1. The predicted molar refractivity (Wildman–Crippen MR) is 35.3 cm³/mol. The van der Waals surface area contributed by atoms with Gasteiger partial charge in [0, 0.05) is 0 Å². The third-order valence-electron chi connectivity index (χ3n) is 1.21. The van der Waals surface area contributed by atoms with Gasteiger partial charge < -0.3 is 10.8 Å². The van der Waals surface area contributed by atoms with Gasteiger partial charge in [-0.2, -0.15) is 13.2 Å². The van der Waals surface area contributed by atoms with Gasteiger partial charge in [0.25, 0.3) is 0 Å². The molecule has 3 nitrogen and oxygen atoms in total. The largest absolute Gasteiger partial charge is 0.506 e. The minimum Gasteiger partial charge on any atom is -0.506 e. The van der Waals surface area contributed by atoms with Gasteiger partial charge in [0.2, 0.25) is 0 Å². The van der Waals surface area contributed by atoms with Crippen LogP contribution >= 0.6 is 0 Å². The van der Waals surface area contributed by atoms with Crippen LogP contribution in [0.2, 0.25) is 0 Å². The summed E-state index contributed by atoms with van der Waals surface area (Å²) in [7, 11) is 0. The Balaban J connectivity index is 3.23. The van der Waals surface area contributed by atoms with Crippen molar-refractivity contribution in [1.29, 1.82) is 0 Å². The van der Waals surface area contributed by atoms with E-state index in [0.29, 0.717) is 6.07 Å². The van der Waals surface area contributed by atoms with Crippen LogP contribution in [0.3, 0.4) is 0 Å². The number of hydrogen-bond acceptors (Lipinski definition) is 3. The van der Waals surface area contributed by atoms with Crippen LogP contribution in [0.25, 0.3) is 0 Å². The van der Waals surface area contributed by atoms with E-state index in [4.69, 9.17) is 10.8 Å². The topological polar surface area (TPSA) is 59.1 Å². The molecule has 66 valence electrons. The van der Waals surface area contributed by atoms with Crippen molar-refractivity contribution in [3.05, 3.63) is 17.8 Å². The second-order valence-electron chi connectivity index (χ2n) is 2.12. The van der Waals surface area contributed by atoms with E-state index in [-0.39, 0.29) is 0 Å². The Morgan fingerprint density at radius 2 is 2.00 bits per heavy atom. The van der Waals surface area contributed by atoms with Gasteiger partial charge in [-0.05, 0) is 6.07 Å². The van der Waals surface area contributed by atoms with E-state index < -0.39 is 23.3 Å². The van der Waals surface area contributed by atoms with Crippen molar-refractivity contribution in [2.75, 3.05) is 5.73 Å². The molecular weight excluding hydrogens is 173 g/mol. The Morgan fingerprint density at radius 1 is 1.42 bits per heavy atom. The Morgan fingerprint density at radius 3 is 2.42 bits per heavy atom. The van der Waals surface area contributed by atoms with E-state index in [1.807, 2.05) is 0 Å². The Hall–Kier alpha value is -1.46. The summed E-state index contributed by atoms with van der Waals surface area (Å²) in [6.07, 6.45) is -3.72. The standard InChI is InChI=1S/C6H5F3N2O/c7-6(8,9)4-1-3(12)2-11-5(4)10/h1-2,12H,(H2,10,11). The van der Waals surface area contributed by atoms with Crippen molar-refractivity contribution < 1.29 is 18.3 Å². The van der Waals surface area contributed by atoms with Crippen molar-refractivity contribution in [3.63, 3.8) is 0 Å².